The number of rotatable bonds is 6. The molecule has 110 valence electrons. The number of carbonyl (C=O) groups is 2. The van der Waals surface area contributed by atoms with Gasteiger partial charge in [0, 0.05) is 25.7 Å². The van der Waals surface area contributed by atoms with E-state index in [1.54, 1.807) is 38.2 Å². The summed E-state index contributed by atoms with van der Waals surface area (Å²) in [5, 5.41) is 3.44. The molecule has 0 heterocycles. The Morgan fingerprint density at radius 3 is 2.50 bits per heavy atom. The Morgan fingerprint density at radius 1 is 1.20 bits per heavy atom. The summed E-state index contributed by atoms with van der Waals surface area (Å²) in [6.45, 7) is 0.826. The Morgan fingerprint density at radius 2 is 1.90 bits per heavy atom. The van der Waals surface area contributed by atoms with Crippen LogP contribution in [0.15, 0.2) is 24.3 Å². The van der Waals surface area contributed by atoms with Crippen molar-refractivity contribution in [2.75, 3.05) is 34.2 Å². The normalized spacial score (nSPS) is 10.4. The van der Waals surface area contributed by atoms with Gasteiger partial charge in [0.1, 0.15) is 0 Å². The molecule has 1 aromatic carbocycles. The van der Waals surface area contributed by atoms with E-state index in [-0.39, 0.29) is 24.9 Å². The van der Waals surface area contributed by atoms with E-state index in [0.717, 1.165) is 5.56 Å². The van der Waals surface area contributed by atoms with Crippen molar-refractivity contribution in [2.45, 2.75) is 6.54 Å². The molecule has 2 amide bonds. The molecule has 1 N–H and O–H groups in total. The average Bonchev–Trinajstić information content (AvgIpc) is 2.36. The minimum Gasteiger partial charge on any atom is -0.351 e. The maximum atomic E-state index is 11.8. The first-order chi connectivity index (χ1) is 9.38. The summed E-state index contributed by atoms with van der Waals surface area (Å²) >= 11 is 5.87. The summed E-state index contributed by atoms with van der Waals surface area (Å²) in [5.41, 5.74) is 0.942. The van der Waals surface area contributed by atoms with Crippen LogP contribution in [0.25, 0.3) is 0 Å². The molecule has 0 unspecified atom stereocenters. The van der Waals surface area contributed by atoms with E-state index in [4.69, 9.17) is 11.6 Å². The van der Waals surface area contributed by atoms with Crippen LogP contribution < -0.4 is 5.32 Å². The van der Waals surface area contributed by atoms with Crippen molar-refractivity contribution in [1.82, 2.24) is 15.1 Å². The molecule has 0 spiro atoms. The van der Waals surface area contributed by atoms with Crippen LogP contribution in [-0.2, 0) is 16.1 Å². The summed E-state index contributed by atoms with van der Waals surface area (Å²) in [6, 6.07) is 7.33. The van der Waals surface area contributed by atoms with Crippen LogP contribution in [-0.4, -0.2) is 55.8 Å². The fourth-order valence-electron chi connectivity index (χ4n) is 1.58. The minimum absolute atomic E-state index is 0.0323. The second-order valence-electron chi connectivity index (χ2n) is 4.87. The summed E-state index contributed by atoms with van der Waals surface area (Å²) in [7, 11) is 5.12. The SMILES string of the molecule is CN(CC(=O)NCc1cccc(Cl)c1)CC(=O)N(C)C. The third-order valence-electron chi connectivity index (χ3n) is 2.70. The lowest BCUT2D eigenvalue weighted by atomic mass is 10.2. The second-order valence-corrected chi connectivity index (χ2v) is 5.30. The first-order valence-corrected chi connectivity index (χ1v) is 6.66. The summed E-state index contributed by atoms with van der Waals surface area (Å²) in [6.07, 6.45) is 0. The number of nitrogens with zero attached hydrogens (tertiary/aromatic N) is 2. The average molecular weight is 298 g/mol. The van der Waals surface area contributed by atoms with Gasteiger partial charge in [-0.1, -0.05) is 23.7 Å². The highest BCUT2D eigenvalue weighted by Crippen LogP contribution is 2.10. The fraction of sp³-hybridized carbons (Fsp3) is 0.429. The predicted octanol–water partition coefficient (Wildman–Crippen LogP) is 0.976. The third kappa shape index (κ3) is 6.04. The quantitative estimate of drug-likeness (QED) is 0.851. The Balaban J connectivity index is 2.35. The van der Waals surface area contributed by atoms with Crippen molar-refractivity contribution < 1.29 is 9.59 Å². The van der Waals surface area contributed by atoms with Gasteiger partial charge in [0.25, 0.3) is 0 Å². The standard InChI is InChI=1S/C14H20ClN3O2/c1-17(2)14(20)10-18(3)9-13(19)16-8-11-5-4-6-12(15)7-11/h4-7H,8-10H2,1-3H3,(H,16,19). The zero-order valence-corrected chi connectivity index (χ0v) is 12.8. The minimum atomic E-state index is -0.126. The molecule has 0 radical (unpaired) electrons. The fourth-order valence-corrected chi connectivity index (χ4v) is 1.79. The molecule has 1 aromatic rings. The van der Waals surface area contributed by atoms with Crippen molar-refractivity contribution in [3.63, 3.8) is 0 Å². The number of benzene rings is 1. The van der Waals surface area contributed by atoms with E-state index < -0.39 is 0 Å². The van der Waals surface area contributed by atoms with Crippen LogP contribution in [0.3, 0.4) is 0 Å². The number of hydrogen-bond acceptors (Lipinski definition) is 3. The Labute approximate surface area is 124 Å². The largest absolute Gasteiger partial charge is 0.351 e. The molecular weight excluding hydrogens is 278 g/mol. The maximum Gasteiger partial charge on any atom is 0.236 e. The van der Waals surface area contributed by atoms with Gasteiger partial charge in [0.2, 0.25) is 11.8 Å². The zero-order chi connectivity index (χ0) is 15.1. The molecule has 0 fully saturated rings. The van der Waals surface area contributed by atoms with Crippen LogP contribution >= 0.6 is 11.6 Å². The first kappa shape index (κ1) is 16.5. The lowest BCUT2D eigenvalue weighted by Gasteiger charge is -2.18. The van der Waals surface area contributed by atoms with Gasteiger partial charge in [-0.2, -0.15) is 0 Å². The van der Waals surface area contributed by atoms with Crippen LogP contribution in [0.2, 0.25) is 5.02 Å². The van der Waals surface area contributed by atoms with Gasteiger partial charge in [-0.05, 0) is 24.7 Å². The molecule has 0 saturated heterocycles. The van der Waals surface area contributed by atoms with Crippen molar-refractivity contribution in [1.29, 1.82) is 0 Å². The van der Waals surface area contributed by atoms with E-state index in [1.807, 2.05) is 12.1 Å². The topological polar surface area (TPSA) is 52.7 Å². The molecule has 1 rings (SSSR count). The molecule has 0 saturated carbocycles. The van der Waals surface area contributed by atoms with Crippen LogP contribution in [0.4, 0.5) is 0 Å². The van der Waals surface area contributed by atoms with Crippen molar-refractivity contribution >= 4 is 23.4 Å². The smallest absolute Gasteiger partial charge is 0.236 e. The Hall–Kier alpha value is -1.59. The molecule has 0 aromatic heterocycles. The van der Waals surface area contributed by atoms with Crippen molar-refractivity contribution in [2.24, 2.45) is 0 Å². The van der Waals surface area contributed by atoms with Crippen molar-refractivity contribution in [3.8, 4) is 0 Å². The lowest BCUT2D eigenvalue weighted by molar-refractivity contribution is -0.130. The maximum absolute atomic E-state index is 11.8. The molecule has 0 bridgehead atoms. The molecule has 0 aliphatic carbocycles. The lowest BCUT2D eigenvalue weighted by Crippen LogP contribution is -2.40. The van der Waals surface area contributed by atoms with E-state index in [0.29, 0.717) is 11.6 Å². The van der Waals surface area contributed by atoms with Gasteiger partial charge in [0.15, 0.2) is 0 Å². The van der Waals surface area contributed by atoms with Crippen LogP contribution in [0.5, 0.6) is 0 Å². The number of halogens is 1. The van der Waals surface area contributed by atoms with Crippen LogP contribution in [0.1, 0.15) is 5.56 Å². The second kappa shape index (κ2) is 7.87. The highest BCUT2D eigenvalue weighted by atomic mass is 35.5. The molecule has 0 aliphatic heterocycles. The first-order valence-electron chi connectivity index (χ1n) is 6.28. The third-order valence-corrected chi connectivity index (χ3v) is 2.93. The van der Waals surface area contributed by atoms with E-state index >= 15 is 0 Å². The number of nitrogens with one attached hydrogen (secondary N) is 1. The molecule has 0 aliphatic rings. The Bertz CT molecular complexity index is 477. The molecular formula is C14H20ClN3O2. The summed E-state index contributed by atoms with van der Waals surface area (Å²) < 4.78 is 0. The monoisotopic (exact) mass is 297 g/mol. The van der Waals surface area contributed by atoms with Gasteiger partial charge in [-0.15, -0.1) is 0 Å². The molecule has 6 heteroatoms. The molecule has 20 heavy (non-hydrogen) atoms. The van der Waals surface area contributed by atoms with Gasteiger partial charge < -0.3 is 10.2 Å². The highest BCUT2D eigenvalue weighted by Gasteiger charge is 2.11. The Kier molecular flexibility index (Phi) is 6.48. The summed E-state index contributed by atoms with van der Waals surface area (Å²) in [4.78, 5) is 26.4. The van der Waals surface area contributed by atoms with Gasteiger partial charge >= 0.3 is 0 Å². The predicted molar refractivity (Wildman–Crippen MR) is 79.5 cm³/mol. The summed E-state index contributed by atoms with van der Waals surface area (Å²) in [5.74, 6) is -0.158. The van der Waals surface area contributed by atoms with E-state index in [1.165, 1.54) is 4.90 Å². The molecule has 0 atom stereocenters. The number of hydrogen-bond donors (Lipinski definition) is 1. The van der Waals surface area contributed by atoms with E-state index in [2.05, 4.69) is 5.32 Å². The number of likely N-dealkylation sites (N-methyl/N-ethyl adjacent to an activating group) is 2. The van der Waals surface area contributed by atoms with Gasteiger partial charge in [-0.25, -0.2) is 0 Å². The van der Waals surface area contributed by atoms with Crippen LogP contribution in [0, 0.1) is 0 Å². The van der Waals surface area contributed by atoms with Gasteiger partial charge in [-0.3, -0.25) is 14.5 Å². The molecule has 5 nitrogen and oxygen atoms in total. The zero-order valence-electron chi connectivity index (χ0n) is 12.0. The number of amides is 2. The van der Waals surface area contributed by atoms with E-state index in [9.17, 15) is 9.59 Å². The van der Waals surface area contributed by atoms with Crippen molar-refractivity contribution in [3.05, 3.63) is 34.9 Å². The van der Waals surface area contributed by atoms with Gasteiger partial charge in [0.05, 0.1) is 13.1 Å². The highest BCUT2D eigenvalue weighted by molar-refractivity contribution is 6.30. The number of carbonyl (C=O) groups excluding carboxylic acids is 2.